The van der Waals surface area contributed by atoms with Crippen LogP contribution in [0, 0.1) is 0 Å². The maximum Gasteiger partial charge on any atom is 0.289 e. The lowest BCUT2D eigenvalue weighted by molar-refractivity contribution is 0.0950. The second-order valence-corrected chi connectivity index (χ2v) is 6.79. The number of amides is 1. The predicted octanol–water partition coefficient (Wildman–Crippen LogP) is 4.78. The van der Waals surface area contributed by atoms with E-state index in [9.17, 15) is 4.79 Å². The van der Waals surface area contributed by atoms with E-state index in [4.69, 9.17) is 4.74 Å². The summed E-state index contributed by atoms with van der Waals surface area (Å²) in [5.41, 5.74) is 6.21. The van der Waals surface area contributed by atoms with Crippen LogP contribution in [0.2, 0.25) is 0 Å². The number of nitrogens with one attached hydrogen (secondary N) is 2. The summed E-state index contributed by atoms with van der Waals surface area (Å²) < 4.78 is 5.44. The molecule has 0 saturated heterocycles. The number of aromatic nitrogens is 2. The molecule has 0 radical (unpaired) electrons. The molecule has 1 heterocycles. The molecule has 4 rings (SSSR count). The number of hydrogen-bond acceptors (Lipinski definition) is 4. The number of ether oxygens (including phenoxy) is 1. The Labute approximate surface area is 174 Å². The zero-order valence-electron chi connectivity index (χ0n) is 16.8. The van der Waals surface area contributed by atoms with Crippen LogP contribution in [0.5, 0.6) is 5.75 Å². The number of fused-ring (bicyclic) bond motifs is 1. The lowest BCUT2D eigenvalue weighted by atomic mass is 10.0. The lowest BCUT2D eigenvalue weighted by Gasteiger charge is -2.05. The highest BCUT2D eigenvalue weighted by Crippen LogP contribution is 2.27. The number of carbonyl (C=O) groups excluding carboxylic acids is 1. The lowest BCUT2D eigenvalue weighted by Crippen LogP contribution is -2.19. The van der Waals surface area contributed by atoms with Gasteiger partial charge in [0.2, 0.25) is 0 Å². The van der Waals surface area contributed by atoms with E-state index in [1.54, 1.807) is 6.07 Å². The van der Waals surface area contributed by atoms with Crippen LogP contribution in [0.1, 0.15) is 29.9 Å². The Morgan fingerprint density at radius 1 is 1.07 bits per heavy atom. The van der Waals surface area contributed by atoms with Crippen LogP contribution in [-0.4, -0.2) is 28.4 Å². The average molecular weight is 398 g/mol. The molecule has 0 unspecified atom stereocenters. The van der Waals surface area contributed by atoms with E-state index in [1.807, 2.05) is 68.4 Å². The molecule has 6 nitrogen and oxygen atoms in total. The first-order valence-corrected chi connectivity index (χ1v) is 9.77. The second kappa shape index (κ2) is 8.61. The number of hydrogen-bond donors (Lipinski definition) is 2. The normalized spacial score (nSPS) is 11.5. The summed E-state index contributed by atoms with van der Waals surface area (Å²) in [6.07, 6.45) is 0. The smallest absolute Gasteiger partial charge is 0.289 e. The summed E-state index contributed by atoms with van der Waals surface area (Å²) >= 11 is 0. The molecule has 0 aliphatic rings. The fraction of sp³-hybridized carbons (Fsp3) is 0.125. The Morgan fingerprint density at radius 2 is 1.83 bits per heavy atom. The van der Waals surface area contributed by atoms with Gasteiger partial charge in [-0.25, -0.2) is 5.43 Å². The first-order chi connectivity index (χ1) is 14.7. The second-order valence-electron chi connectivity index (χ2n) is 6.79. The molecule has 0 atom stereocenters. The van der Waals surface area contributed by atoms with Crippen molar-refractivity contribution < 1.29 is 9.53 Å². The van der Waals surface area contributed by atoms with Crippen molar-refractivity contribution in [2.75, 3.05) is 6.61 Å². The summed E-state index contributed by atoms with van der Waals surface area (Å²) in [6, 6.07) is 23.4. The van der Waals surface area contributed by atoms with Crippen LogP contribution in [0.25, 0.3) is 22.0 Å². The van der Waals surface area contributed by atoms with Gasteiger partial charge in [0, 0.05) is 5.56 Å². The van der Waals surface area contributed by atoms with Gasteiger partial charge < -0.3 is 4.74 Å². The molecule has 2 N–H and O–H groups in total. The molecule has 0 spiro atoms. The number of nitrogens with zero attached hydrogens (tertiary/aromatic N) is 2. The van der Waals surface area contributed by atoms with Crippen molar-refractivity contribution in [2.45, 2.75) is 13.8 Å². The third kappa shape index (κ3) is 4.07. The first-order valence-electron chi connectivity index (χ1n) is 9.77. The molecular formula is C24H22N4O2. The van der Waals surface area contributed by atoms with Crippen molar-refractivity contribution in [1.29, 1.82) is 0 Å². The summed E-state index contributed by atoms with van der Waals surface area (Å²) in [4.78, 5) is 12.5. The molecule has 0 fully saturated rings. The minimum Gasteiger partial charge on any atom is -0.494 e. The SMILES string of the molecule is CCOc1ccc(/C(C)=N/NC(=O)c2cc(-c3cccc4ccccc34)n[nH]2)cc1. The summed E-state index contributed by atoms with van der Waals surface area (Å²) in [6.45, 7) is 4.40. The van der Waals surface area contributed by atoms with Gasteiger partial charge >= 0.3 is 0 Å². The average Bonchev–Trinajstić information content (AvgIpc) is 3.28. The predicted molar refractivity (Wildman–Crippen MR) is 119 cm³/mol. The minimum atomic E-state index is -0.348. The molecule has 150 valence electrons. The van der Waals surface area contributed by atoms with Crippen molar-refractivity contribution in [1.82, 2.24) is 15.6 Å². The number of hydrazone groups is 1. The highest BCUT2D eigenvalue weighted by Gasteiger charge is 2.12. The highest BCUT2D eigenvalue weighted by molar-refractivity contribution is 6.01. The molecule has 4 aromatic rings. The van der Waals surface area contributed by atoms with E-state index in [0.29, 0.717) is 23.7 Å². The Kier molecular flexibility index (Phi) is 5.57. The van der Waals surface area contributed by atoms with Crippen molar-refractivity contribution >= 4 is 22.4 Å². The maximum atomic E-state index is 12.5. The van der Waals surface area contributed by atoms with Crippen molar-refractivity contribution in [3.8, 4) is 17.0 Å². The van der Waals surface area contributed by atoms with E-state index < -0.39 is 0 Å². The zero-order valence-corrected chi connectivity index (χ0v) is 16.8. The van der Waals surface area contributed by atoms with Crippen molar-refractivity contribution in [3.63, 3.8) is 0 Å². The van der Waals surface area contributed by atoms with Gasteiger partial charge in [0.05, 0.1) is 18.0 Å². The van der Waals surface area contributed by atoms with Crippen LogP contribution in [0.4, 0.5) is 0 Å². The molecule has 0 saturated carbocycles. The summed E-state index contributed by atoms with van der Waals surface area (Å²) in [7, 11) is 0. The monoisotopic (exact) mass is 398 g/mol. The largest absolute Gasteiger partial charge is 0.494 e. The molecule has 1 aromatic heterocycles. The Balaban J connectivity index is 1.49. The van der Waals surface area contributed by atoms with E-state index in [1.165, 1.54) is 0 Å². The molecule has 1 amide bonds. The molecule has 30 heavy (non-hydrogen) atoms. The Morgan fingerprint density at radius 3 is 2.63 bits per heavy atom. The number of benzene rings is 3. The van der Waals surface area contributed by atoms with Gasteiger partial charge in [0.15, 0.2) is 0 Å². The molecule has 6 heteroatoms. The van der Waals surface area contributed by atoms with Gasteiger partial charge in [-0.3, -0.25) is 9.89 Å². The number of aromatic amines is 1. The summed E-state index contributed by atoms with van der Waals surface area (Å²) in [5, 5.41) is 13.5. The van der Waals surface area contributed by atoms with Crippen LogP contribution >= 0.6 is 0 Å². The highest BCUT2D eigenvalue weighted by atomic mass is 16.5. The fourth-order valence-corrected chi connectivity index (χ4v) is 3.24. The van der Waals surface area contributed by atoms with Gasteiger partial charge in [0.1, 0.15) is 11.4 Å². The number of carbonyl (C=O) groups is 1. The van der Waals surface area contributed by atoms with Gasteiger partial charge in [0.25, 0.3) is 5.91 Å². The van der Waals surface area contributed by atoms with Gasteiger partial charge in [-0.15, -0.1) is 0 Å². The molecular weight excluding hydrogens is 376 g/mol. The van der Waals surface area contributed by atoms with E-state index in [-0.39, 0.29) is 5.91 Å². The molecule has 3 aromatic carbocycles. The topological polar surface area (TPSA) is 79.4 Å². The fourth-order valence-electron chi connectivity index (χ4n) is 3.24. The zero-order chi connectivity index (χ0) is 20.9. The van der Waals surface area contributed by atoms with E-state index in [2.05, 4.69) is 32.9 Å². The van der Waals surface area contributed by atoms with Crippen LogP contribution in [0.15, 0.2) is 77.9 Å². The van der Waals surface area contributed by atoms with Crippen molar-refractivity contribution in [2.24, 2.45) is 5.10 Å². The van der Waals surface area contributed by atoms with E-state index in [0.717, 1.165) is 27.6 Å². The third-order valence-corrected chi connectivity index (χ3v) is 4.80. The van der Waals surface area contributed by atoms with Gasteiger partial charge in [-0.05, 0) is 60.5 Å². The summed E-state index contributed by atoms with van der Waals surface area (Å²) in [5.74, 6) is 0.454. The first kappa shape index (κ1) is 19.4. The Bertz CT molecular complexity index is 1200. The number of H-pyrrole nitrogens is 1. The number of rotatable bonds is 6. The van der Waals surface area contributed by atoms with Crippen LogP contribution in [-0.2, 0) is 0 Å². The van der Waals surface area contributed by atoms with Crippen molar-refractivity contribution in [3.05, 3.63) is 84.1 Å². The molecule has 0 bridgehead atoms. The van der Waals surface area contributed by atoms with Crippen LogP contribution < -0.4 is 10.2 Å². The minimum absolute atomic E-state index is 0.348. The van der Waals surface area contributed by atoms with E-state index >= 15 is 0 Å². The Hall–Kier alpha value is -3.93. The maximum absolute atomic E-state index is 12.5. The van der Waals surface area contributed by atoms with Crippen LogP contribution in [0.3, 0.4) is 0 Å². The molecule has 0 aliphatic heterocycles. The third-order valence-electron chi connectivity index (χ3n) is 4.80. The van der Waals surface area contributed by atoms with Gasteiger partial charge in [-0.2, -0.15) is 10.2 Å². The van der Waals surface area contributed by atoms with Gasteiger partial charge in [-0.1, -0.05) is 42.5 Å². The quantitative estimate of drug-likeness (QED) is 0.362. The molecule has 0 aliphatic carbocycles. The standard InChI is InChI=1S/C24H22N4O2/c1-3-30-19-13-11-17(12-14-19)16(2)25-28-24(29)23-15-22(26-27-23)21-10-6-8-18-7-4-5-9-20(18)21/h4-15H,3H2,1-2H3,(H,26,27)(H,28,29)/b25-16+.